The number of para-hydroxylation sites is 1. The molecule has 19 heavy (non-hydrogen) atoms. The topological polar surface area (TPSA) is 81.5 Å². The highest BCUT2D eigenvalue weighted by Gasteiger charge is 2.40. The Bertz CT molecular complexity index is 504. The molecule has 1 saturated heterocycles. The van der Waals surface area contributed by atoms with Gasteiger partial charge in [0.25, 0.3) is 5.69 Å². The molecule has 1 heterocycles. The van der Waals surface area contributed by atoms with Crippen molar-refractivity contribution < 1.29 is 14.5 Å². The Morgan fingerprint density at radius 3 is 2.68 bits per heavy atom. The van der Waals surface area contributed by atoms with Crippen molar-refractivity contribution in [2.75, 3.05) is 6.61 Å². The number of carbonyl (C=O) groups is 1. The van der Waals surface area contributed by atoms with Crippen LogP contribution in [-0.4, -0.2) is 17.6 Å². The molecule has 1 fully saturated rings. The van der Waals surface area contributed by atoms with Gasteiger partial charge in [-0.2, -0.15) is 0 Å². The zero-order valence-electron chi connectivity index (χ0n) is 10.6. The SMILES string of the molecule is CC1(C)COC(=O)N[C@@H]1c1ccccc1[N+](=O)[O-].Cl. The second-order valence-electron chi connectivity index (χ2n) is 4.96. The van der Waals surface area contributed by atoms with E-state index in [4.69, 9.17) is 4.74 Å². The number of halogens is 1. The van der Waals surface area contributed by atoms with Crippen LogP contribution in [0.3, 0.4) is 0 Å². The van der Waals surface area contributed by atoms with Crippen molar-refractivity contribution >= 4 is 24.2 Å². The molecule has 1 aromatic rings. The van der Waals surface area contributed by atoms with Crippen LogP contribution in [0.15, 0.2) is 24.3 Å². The van der Waals surface area contributed by atoms with Crippen molar-refractivity contribution in [1.82, 2.24) is 5.32 Å². The number of nitrogens with one attached hydrogen (secondary N) is 1. The molecule has 7 heteroatoms. The number of alkyl carbamates (subject to hydrolysis) is 1. The van der Waals surface area contributed by atoms with Gasteiger partial charge in [-0.05, 0) is 0 Å². The lowest BCUT2D eigenvalue weighted by molar-refractivity contribution is -0.386. The summed E-state index contributed by atoms with van der Waals surface area (Å²) in [5, 5.41) is 13.7. The molecule has 1 N–H and O–H groups in total. The standard InChI is InChI=1S/C12H14N2O4.ClH/c1-12(2)7-18-11(15)13-10(12)8-5-3-4-6-9(8)14(16)17;/h3-6,10H,7H2,1-2H3,(H,13,15);1H/t10-;/m1./s1. The molecule has 0 bridgehead atoms. The number of cyclic esters (lactones) is 1. The van der Waals surface area contributed by atoms with E-state index >= 15 is 0 Å². The minimum atomic E-state index is -0.544. The van der Waals surface area contributed by atoms with E-state index in [0.717, 1.165) is 0 Å². The number of nitro groups is 1. The minimum Gasteiger partial charge on any atom is -0.449 e. The maximum absolute atomic E-state index is 11.3. The number of rotatable bonds is 2. The van der Waals surface area contributed by atoms with Crippen molar-refractivity contribution in [2.45, 2.75) is 19.9 Å². The normalized spacial score (nSPS) is 20.7. The van der Waals surface area contributed by atoms with E-state index in [1.54, 1.807) is 18.2 Å². The zero-order chi connectivity index (χ0) is 13.3. The summed E-state index contributed by atoms with van der Waals surface area (Å²) < 4.78 is 4.93. The summed E-state index contributed by atoms with van der Waals surface area (Å²) in [5.41, 5.74) is 0.113. The van der Waals surface area contributed by atoms with Crippen LogP contribution < -0.4 is 5.32 Å². The van der Waals surface area contributed by atoms with Gasteiger partial charge < -0.3 is 10.1 Å². The van der Waals surface area contributed by atoms with E-state index in [0.29, 0.717) is 5.56 Å². The first kappa shape index (κ1) is 15.2. The first-order valence-corrected chi connectivity index (χ1v) is 5.58. The van der Waals surface area contributed by atoms with Gasteiger partial charge >= 0.3 is 6.09 Å². The monoisotopic (exact) mass is 286 g/mol. The highest BCUT2D eigenvalue weighted by molar-refractivity contribution is 5.85. The maximum atomic E-state index is 11.3. The van der Waals surface area contributed by atoms with Crippen LogP contribution in [-0.2, 0) is 4.74 Å². The lowest BCUT2D eigenvalue weighted by Gasteiger charge is -2.38. The van der Waals surface area contributed by atoms with E-state index in [1.807, 2.05) is 13.8 Å². The second kappa shape index (κ2) is 5.44. The average Bonchev–Trinajstić information content (AvgIpc) is 2.32. The van der Waals surface area contributed by atoms with Crippen LogP contribution in [0.4, 0.5) is 10.5 Å². The molecule has 2 rings (SSSR count). The Morgan fingerprint density at radius 1 is 1.42 bits per heavy atom. The van der Waals surface area contributed by atoms with Gasteiger partial charge in [0, 0.05) is 11.5 Å². The van der Waals surface area contributed by atoms with E-state index < -0.39 is 22.5 Å². The number of hydrogen-bond donors (Lipinski definition) is 1. The lowest BCUT2D eigenvalue weighted by Crippen LogP contribution is -2.47. The van der Waals surface area contributed by atoms with Crippen LogP contribution in [0.25, 0.3) is 0 Å². The predicted octanol–water partition coefficient (Wildman–Crippen LogP) is 2.82. The van der Waals surface area contributed by atoms with Gasteiger partial charge in [-0.15, -0.1) is 12.4 Å². The molecular weight excluding hydrogens is 272 g/mol. The van der Waals surface area contributed by atoms with Gasteiger partial charge in [-0.3, -0.25) is 10.1 Å². The first-order chi connectivity index (χ1) is 8.42. The first-order valence-electron chi connectivity index (χ1n) is 5.58. The Kier molecular flexibility index (Phi) is 4.36. The third kappa shape index (κ3) is 2.96. The number of nitro benzene ring substituents is 1. The molecule has 0 radical (unpaired) electrons. The molecular formula is C12H15ClN2O4. The largest absolute Gasteiger partial charge is 0.449 e. The van der Waals surface area contributed by atoms with Gasteiger partial charge in [0.05, 0.1) is 16.5 Å². The second-order valence-corrected chi connectivity index (χ2v) is 4.96. The van der Waals surface area contributed by atoms with Gasteiger partial charge in [-0.1, -0.05) is 32.0 Å². The van der Waals surface area contributed by atoms with Crippen LogP contribution >= 0.6 is 12.4 Å². The molecule has 0 aromatic heterocycles. The van der Waals surface area contributed by atoms with Crippen LogP contribution in [0.2, 0.25) is 0 Å². The fourth-order valence-corrected chi connectivity index (χ4v) is 2.09. The molecule has 0 saturated carbocycles. The molecule has 1 amide bonds. The van der Waals surface area contributed by atoms with Crippen molar-refractivity contribution in [3.8, 4) is 0 Å². The molecule has 1 aliphatic rings. The third-order valence-electron chi connectivity index (χ3n) is 3.06. The molecule has 0 spiro atoms. The number of nitrogens with zero attached hydrogens (tertiary/aromatic N) is 1. The van der Waals surface area contributed by atoms with E-state index in [9.17, 15) is 14.9 Å². The molecule has 6 nitrogen and oxygen atoms in total. The molecule has 0 unspecified atom stereocenters. The Labute approximate surface area is 116 Å². The number of ether oxygens (including phenoxy) is 1. The van der Waals surface area contributed by atoms with Crippen molar-refractivity contribution in [3.63, 3.8) is 0 Å². The maximum Gasteiger partial charge on any atom is 0.407 e. The van der Waals surface area contributed by atoms with Gasteiger partial charge in [0.2, 0.25) is 0 Å². The lowest BCUT2D eigenvalue weighted by atomic mass is 9.80. The quantitative estimate of drug-likeness (QED) is 0.669. The van der Waals surface area contributed by atoms with Crippen LogP contribution in [0, 0.1) is 15.5 Å². The Balaban J connectivity index is 0.00000180. The van der Waals surface area contributed by atoms with Crippen molar-refractivity contribution in [3.05, 3.63) is 39.9 Å². The summed E-state index contributed by atoms with van der Waals surface area (Å²) in [6.45, 7) is 4.03. The molecule has 1 aromatic carbocycles. The van der Waals surface area contributed by atoms with E-state index in [-0.39, 0.29) is 24.7 Å². The van der Waals surface area contributed by atoms with Gasteiger partial charge in [-0.25, -0.2) is 4.79 Å². The van der Waals surface area contributed by atoms with Crippen LogP contribution in [0.5, 0.6) is 0 Å². The van der Waals surface area contributed by atoms with Crippen LogP contribution in [0.1, 0.15) is 25.5 Å². The molecule has 0 aliphatic carbocycles. The third-order valence-corrected chi connectivity index (χ3v) is 3.06. The number of amides is 1. The summed E-state index contributed by atoms with van der Waals surface area (Å²) in [4.78, 5) is 21.9. The summed E-state index contributed by atoms with van der Waals surface area (Å²) >= 11 is 0. The molecule has 104 valence electrons. The highest BCUT2D eigenvalue weighted by Crippen LogP contribution is 2.39. The van der Waals surface area contributed by atoms with Gasteiger partial charge in [0.1, 0.15) is 6.61 Å². The average molecular weight is 287 g/mol. The zero-order valence-corrected chi connectivity index (χ0v) is 11.4. The smallest absolute Gasteiger partial charge is 0.407 e. The fourth-order valence-electron chi connectivity index (χ4n) is 2.09. The van der Waals surface area contributed by atoms with Crippen molar-refractivity contribution in [2.24, 2.45) is 5.41 Å². The number of benzene rings is 1. The Hall–Kier alpha value is -1.82. The molecule has 1 atom stereocenters. The highest BCUT2D eigenvalue weighted by atomic mass is 35.5. The number of carbonyl (C=O) groups excluding carboxylic acids is 1. The summed E-state index contributed by atoms with van der Waals surface area (Å²) in [6.07, 6.45) is -0.544. The number of hydrogen-bond acceptors (Lipinski definition) is 4. The predicted molar refractivity (Wildman–Crippen MR) is 71.4 cm³/mol. The summed E-state index contributed by atoms with van der Waals surface area (Å²) in [6, 6.07) is 6.00. The minimum absolute atomic E-state index is 0. The van der Waals surface area contributed by atoms with Gasteiger partial charge in [0.15, 0.2) is 0 Å². The van der Waals surface area contributed by atoms with Crippen molar-refractivity contribution in [1.29, 1.82) is 0 Å². The molecule has 1 aliphatic heterocycles. The summed E-state index contributed by atoms with van der Waals surface area (Å²) in [5.74, 6) is 0. The van der Waals surface area contributed by atoms with E-state index in [1.165, 1.54) is 6.07 Å². The Morgan fingerprint density at radius 2 is 2.05 bits per heavy atom. The summed E-state index contributed by atoms with van der Waals surface area (Å²) in [7, 11) is 0. The fraction of sp³-hybridized carbons (Fsp3) is 0.417. The van der Waals surface area contributed by atoms with E-state index in [2.05, 4.69) is 5.32 Å².